The Morgan fingerprint density at radius 3 is 2.47 bits per heavy atom. The quantitative estimate of drug-likeness (QED) is 0.551. The fourth-order valence-corrected chi connectivity index (χ4v) is 5.13. The summed E-state index contributed by atoms with van der Waals surface area (Å²) in [7, 11) is 0. The van der Waals surface area contributed by atoms with Crippen molar-refractivity contribution in [3.05, 3.63) is 81.6 Å². The monoisotopic (exact) mass is 450 g/mol. The Morgan fingerprint density at radius 1 is 1.03 bits per heavy atom. The van der Waals surface area contributed by atoms with Gasteiger partial charge in [0, 0.05) is 44.3 Å². The van der Waals surface area contributed by atoms with E-state index in [9.17, 15) is 14.0 Å². The second kappa shape index (κ2) is 8.44. The molecule has 0 bridgehead atoms. The van der Waals surface area contributed by atoms with E-state index in [1.165, 1.54) is 28.4 Å². The van der Waals surface area contributed by atoms with Gasteiger partial charge in [0.25, 0.3) is 11.8 Å². The number of piperazine rings is 1. The van der Waals surface area contributed by atoms with E-state index in [2.05, 4.69) is 14.8 Å². The first-order valence-corrected chi connectivity index (χ1v) is 11.5. The molecule has 0 aliphatic carbocycles. The molecule has 3 heterocycles. The van der Waals surface area contributed by atoms with E-state index in [0.717, 1.165) is 49.0 Å². The maximum absolute atomic E-state index is 13.4. The van der Waals surface area contributed by atoms with Crippen LogP contribution < -0.4 is 4.90 Å². The molecule has 0 radical (unpaired) electrons. The molecule has 2 aromatic carbocycles. The van der Waals surface area contributed by atoms with E-state index < -0.39 is 6.04 Å². The minimum atomic E-state index is -0.400. The molecule has 0 saturated carbocycles. The van der Waals surface area contributed by atoms with Gasteiger partial charge in [0.2, 0.25) is 0 Å². The van der Waals surface area contributed by atoms with Crippen molar-refractivity contribution in [2.75, 3.05) is 31.1 Å². The zero-order chi connectivity index (χ0) is 22.2. The van der Waals surface area contributed by atoms with E-state index in [1.807, 2.05) is 36.6 Å². The van der Waals surface area contributed by atoms with Crippen LogP contribution in [-0.2, 0) is 6.54 Å². The number of carbonyl (C=O) groups is 2. The topological polar surface area (TPSA) is 56.8 Å². The molecular formula is C24H23FN4O2S. The lowest BCUT2D eigenvalue weighted by Gasteiger charge is -2.36. The molecule has 6 nitrogen and oxygen atoms in total. The van der Waals surface area contributed by atoms with Crippen LogP contribution in [0.1, 0.15) is 44.3 Å². The third-order valence-corrected chi connectivity index (χ3v) is 7.10. The molecule has 1 fully saturated rings. The molecule has 3 aromatic rings. The first-order chi connectivity index (χ1) is 15.5. The lowest BCUT2D eigenvalue weighted by molar-refractivity contribution is 0.0595. The highest BCUT2D eigenvalue weighted by Crippen LogP contribution is 2.37. The lowest BCUT2D eigenvalue weighted by Crippen LogP contribution is -2.46. The number of hydrogen-bond donors (Lipinski definition) is 0. The number of hydrogen-bond acceptors (Lipinski definition) is 6. The lowest BCUT2D eigenvalue weighted by atomic mass is 10.1. The van der Waals surface area contributed by atoms with Gasteiger partial charge in [0.1, 0.15) is 10.8 Å². The van der Waals surface area contributed by atoms with E-state index in [-0.39, 0.29) is 17.6 Å². The van der Waals surface area contributed by atoms with Crippen molar-refractivity contribution >= 4 is 28.8 Å². The minimum Gasteiger partial charge on any atom is -0.368 e. The van der Waals surface area contributed by atoms with Gasteiger partial charge in [-0.3, -0.25) is 19.4 Å². The molecule has 32 heavy (non-hydrogen) atoms. The van der Waals surface area contributed by atoms with Gasteiger partial charge in [-0.15, -0.1) is 11.3 Å². The van der Waals surface area contributed by atoms with Crippen molar-refractivity contribution in [3.63, 3.8) is 0 Å². The van der Waals surface area contributed by atoms with Gasteiger partial charge < -0.3 is 4.90 Å². The van der Waals surface area contributed by atoms with Gasteiger partial charge in [0.05, 0.1) is 22.9 Å². The Kier molecular flexibility index (Phi) is 5.48. The number of nitrogens with zero attached hydrogens (tertiary/aromatic N) is 4. The second-order valence-electron chi connectivity index (χ2n) is 8.12. The highest BCUT2D eigenvalue weighted by atomic mass is 32.1. The molecule has 1 unspecified atom stereocenters. The van der Waals surface area contributed by atoms with Crippen LogP contribution in [0.2, 0.25) is 0 Å². The fraction of sp³-hybridized carbons (Fsp3) is 0.292. The van der Waals surface area contributed by atoms with Gasteiger partial charge in [0.15, 0.2) is 0 Å². The number of carbonyl (C=O) groups excluding carboxylic acids is 2. The van der Waals surface area contributed by atoms with Crippen LogP contribution in [0.15, 0.2) is 54.0 Å². The number of thiazole rings is 1. The molecule has 2 aliphatic heterocycles. The Labute approximate surface area is 189 Å². The third-order valence-electron chi connectivity index (χ3n) is 6.15. The number of imide groups is 1. The molecule has 0 N–H and O–H groups in total. The summed E-state index contributed by atoms with van der Waals surface area (Å²) in [6.45, 7) is 5.75. The van der Waals surface area contributed by atoms with Crippen LogP contribution in [0.4, 0.5) is 10.1 Å². The minimum absolute atomic E-state index is 0.228. The molecule has 1 atom stereocenters. The van der Waals surface area contributed by atoms with E-state index in [1.54, 1.807) is 12.3 Å². The summed E-state index contributed by atoms with van der Waals surface area (Å²) in [6, 6.07) is 11.7. The Balaban J connectivity index is 1.33. The highest BCUT2D eigenvalue weighted by molar-refractivity contribution is 7.09. The predicted molar refractivity (Wildman–Crippen MR) is 121 cm³/mol. The standard InChI is InChI=1S/C24H23FN4O2S/c1-16(22-26-9-14-32-22)29-23(30)19-3-2-4-20(21(19)24(29)31)28-12-10-27(11-13-28)15-17-5-7-18(25)8-6-17/h2-9,14,16H,10-13,15H2,1H3. The number of halogens is 1. The summed E-state index contributed by atoms with van der Waals surface area (Å²) in [5.41, 5.74) is 2.85. The zero-order valence-electron chi connectivity index (χ0n) is 17.7. The maximum atomic E-state index is 13.4. The van der Waals surface area contributed by atoms with E-state index in [4.69, 9.17) is 0 Å². The molecule has 2 amide bonds. The van der Waals surface area contributed by atoms with E-state index in [0.29, 0.717) is 11.1 Å². The summed E-state index contributed by atoms with van der Waals surface area (Å²) < 4.78 is 13.2. The van der Waals surface area contributed by atoms with Crippen molar-refractivity contribution in [3.8, 4) is 0 Å². The summed E-state index contributed by atoms with van der Waals surface area (Å²) in [6.07, 6.45) is 1.69. The SMILES string of the molecule is CC(c1nccs1)N1C(=O)c2cccc(N3CCN(Cc4ccc(F)cc4)CC3)c2C1=O. The molecule has 1 aromatic heterocycles. The van der Waals surface area contributed by atoms with Crippen LogP contribution in [-0.4, -0.2) is 52.8 Å². The van der Waals surface area contributed by atoms with Gasteiger partial charge in [-0.25, -0.2) is 9.37 Å². The molecule has 164 valence electrons. The highest BCUT2D eigenvalue weighted by Gasteiger charge is 2.42. The predicted octanol–water partition coefficient (Wildman–Crippen LogP) is 3.96. The number of aromatic nitrogens is 1. The summed E-state index contributed by atoms with van der Waals surface area (Å²) >= 11 is 1.44. The number of rotatable bonds is 5. The summed E-state index contributed by atoms with van der Waals surface area (Å²) in [4.78, 5) is 36.6. The average Bonchev–Trinajstić information content (AvgIpc) is 3.43. The maximum Gasteiger partial charge on any atom is 0.264 e. The summed E-state index contributed by atoms with van der Waals surface area (Å²) in [5.74, 6) is -0.740. The molecular weight excluding hydrogens is 427 g/mol. The first kappa shape index (κ1) is 20.8. The number of anilines is 1. The molecule has 2 aliphatic rings. The number of benzene rings is 2. The molecule has 5 rings (SSSR count). The van der Waals surface area contributed by atoms with Crippen molar-refractivity contribution in [1.82, 2.24) is 14.8 Å². The fourth-order valence-electron chi connectivity index (χ4n) is 4.45. The van der Waals surface area contributed by atoms with Gasteiger partial charge in [-0.05, 0) is 36.8 Å². The average molecular weight is 451 g/mol. The van der Waals surface area contributed by atoms with Crippen molar-refractivity contribution in [2.24, 2.45) is 0 Å². The molecule has 0 spiro atoms. The zero-order valence-corrected chi connectivity index (χ0v) is 18.5. The molecule has 8 heteroatoms. The smallest absolute Gasteiger partial charge is 0.264 e. The third kappa shape index (κ3) is 3.69. The number of fused-ring (bicyclic) bond motifs is 1. The first-order valence-electron chi connectivity index (χ1n) is 10.6. The van der Waals surface area contributed by atoms with Gasteiger partial charge in [-0.2, -0.15) is 0 Å². The van der Waals surface area contributed by atoms with Crippen LogP contribution in [0.5, 0.6) is 0 Å². The normalized spacial score (nSPS) is 17.7. The Morgan fingerprint density at radius 2 is 1.78 bits per heavy atom. The van der Waals surface area contributed by atoms with Crippen molar-refractivity contribution in [1.29, 1.82) is 0 Å². The van der Waals surface area contributed by atoms with Crippen LogP contribution in [0, 0.1) is 5.82 Å². The van der Waals surface area contributed by atoms with Gasteiger partial charge >= 0.3 is 0 Å². The van der Waals surface area contributed by atoms with Crippen LogP contribution in [0.25, 0.3) is 0 Å². The largest absolute Gasteiger partial charge is 0.368 e. The van der Waals surface area contributed by atoms with Gasteiger partial charge in [-0.1, -0.05) is 18.2 Å². The van der Waals surface area contributed by atoms with E-state index >= 15 is 0 Å². The molecule has 1 saturated heterocycles. The number of amides is 2. The van der Waals surface area contributed by atoms with Crippen molar-refractivity contribution in [2.45, 2.75) is 19.5 Å². The second-order valence-corrected chi connectivity index (χ2v) is 9.04. The Bertz CT molecular complexity index is 1140. The van der Waals surface area contributed by atoms with Crippen LogP contribution in [0.3, 0.4) is 0 Å². The van der Waals surface area contributed by atoms with Crippen molar-refractivity contribution < 1.29 is 14.0 Å². The van der Waals surface area contributed by atoms with Crippen LogP contribution >= 0.6 is 11.3 Å². The Hall–Kier alpha value is -3.10. The summed E-state index contributed by atoms with van der Waals surface area (Å²) in [5, 5.41) is 2.59.